The minimum atomic E-state index is -0.187. The summed E-state index contributed by atoms with van der Waals surface area (Å²) in [5.41, 5.74) is 1.22. The van der Waals surface area contributed by atoms with E-state index in [1.807, 2.05) is 26.1 Å². The summed E-state index contributed by atoms with van der Waals surface area (Å²) < 4.78 is 5.48. The van der Waals surface area contributed by atoms with Crippen molar-refractivity contribution in [2.45, 2.75) is 45.8 Å². The number of hydrogen-bond acceptors (Lipinski definition) is 3. The van der Waals surface area contributed by atoms with Gasteiger partial charge in [-0.15, -0.1) is 0 Å². The smallest absolute Gasteiger partial charge is 0.193 e. The maximum Gasteiger partial charge on any atom is 0.193 e. The zero-order valence-electron chi connectivity index (χ0n) is 15.2. The van der Waals surface area contributed by atoms with Crippen LogP contribution >= 0.6 is 0 Å². The zero-order valence-corrected chi connectivity index (χ0v) is 15.2. The first-order valence-electron chi connectivity index (χ1n) is 9.03. The molecule has 0 bridgehead atoms. The number of aliphatic imine (C=N–C) groups is 1. The molecule has 2 rings (SSSR count). The highest BCUT2D eigenvalue weighted by atomic mass is 16.5. The summed E-state index contributed by atoms with van der Waals surface area (Å²) in [6.07, 6.45) is 2.92. The van der Waals surface area contributed by atoms with E-state index in [2.05, 4.69) is 29.3 Å². The monoisotopic (exact) mass is 333 g/mol. The Labute approximate surface area is 145 Å². The van der Waals surface area contributed by atoms with Crippen molar-refractivity contribution < 1.29 is 9.84 Å². The predicted octanol–water partition coefficient (Wildman–Crippen LogP) is 2.64. The van der Waals surface area contributed by atoms with E-state index in [0.717, 1.165) is 44.1 Å². The first-order chi connectivity index (χ1) is 11.6. The van der Waals surface area contributed by atoms with Gasteiger partial charge in [-0.05, 0) is 44.4 Å². The first kappa shape index (κ1) is 18.6. The molecule has 24 heavy (non-hydrogen) atoms. The van der Waals surface area contributed by atoms with E-state index in [9.17, 15) is 5.11 Å². The summed E-state index contributed by atoms with van der Waals surface area (Å²) >= 11 is 0. The molecule has 1 aliphatic rings. The van der Waals surface area contributed by atoms with E-state index in [1.54, 1.807) is 0 Å². The number of aliphatic hydroxyl groups is 1. The molecule has 134 valence electrons. The van der Waals surface area contributed by atoms with Crippen LogP contribution in [-0.4, -0.2) is 48.8 Å². The fourth-order valence-corrected chi connectivity index (χ4v) is 3.11. The number of nitrogens with zero attached hydrogens (tertiary/aromatic N) is 2. The molecule has 2 N–H and O–H groups in total. The van der Waals surface area contributed by atoms with Gasteiger partial charge in [-0.3, -0.25) is 4.99 Å². The van der Waals surface area contributed by atoms with E-state index >= 15 is 0 Å². The van der Waals surface area contributed by atoms with Crippen LogP contribution in [0.1, 0.15) is 38.7 Å². The van der Waals surface area contributed by atoms with E-state index in [0.29, 0.717) is 19.1 Å². The summed E-state index contributed by atoms with van der Waals surface area (Å²) in [5.74, 6) is 2.10. The summed E-state index contributed by atoms with van der Waals surface area (Å²) in [4.78, 5) is 6.86. The third kappa shape index (κ3) is 5.41. The second-order valence-electron chi connectivity index (χ2n) is 6.39. The minimum absolute atomic E-state index is 0.187. The Balaban J connectivity index is 1.95. The zero-order chi connectivity index (χ0) is 17.4. The lowest BCUT2D eigenvalue weighted by molar-refractivity contribution is 0.136. The number of ether oxygens (including phenoxy) is 1. The molecule has 1 aromatic carbocycles. The number of nitrogens with one attached hydrogen (secondary N) is 1. The Morgan fingerprint density at radius 2 is 2.04 bits per heavy atom. The van der Waals surface area contributed by atoms with Crippen molar-refractivity contribution in [2.24, 2.45) is 10.9 Å². The van der Waals surface area contributed by atoms with Crippen molar-refractivity contribution in [3.63, 3.8) is 0 Å². The van der Waals surface area contributed by atoms with Crippen molar-refractivity contribution in [2.75, 3.05) is 26.7 Å². The highest BCUT2D eigenvalue weighted by molar-refractivity contribution is 5.79. The normalized spacial score (nSPS) is 20.9. The molecule has 0 amide bonds. The molecule has 0 aromatic heterocycles. The van der Waals surface area contributed by atoms with Crippen molar-refractivity contribution in [3.8, 4) is 5.75 Å². The standard InChI is InChI=1S/C19H31N3O2/c1-4-20-19(21-13-16-7-6-8-18(16)23)22(3)14-15-9-11-17(12-10-15)24-5-2/h9-12,16,18,23H,4-8,13-14H2,1-3H3,(H,20,21). The Morgan fingerprint density at radius 3 is 2.62 bits per heavy atom. The second-order valence-corrected chi connectivity index (χ2v) is 6.39. The van der Waals surface area contributed by atoms with Crippen LogP contribution in [0.3, 0.4) is 0 Å². The van der Waals surface area contributed by atoms with Gasteiger partial charge in [0, 0.05) is 32.6 Å². The molecule has 1 aromatic rings. The molecule has 1 saturated carbocycles. The van der Waals surface area contributed by atoms with Gasteiger partial charge in [0.15, 0.2) is 5.96 Å². The van der Waals surface area contributed by atoms with Crippen molar-refractivity contribution in [1.29, 1.82) is 0 Å². The van der Waals surface area contributed by atoms with Gasteiger partial charge in [0.2, 0.25) is 0 Å². The maximum absolute atomic E-state index is 9.96. The molecule has 2 atom stereocenters. The molecule has 2 unspecified atom stereocenters. The van der Waals surface area contributed by atoms with Gasteiger partial charge < -0.3 is 20.1 Å². The first-order valence-corrected chi connectivity index (χ1v) is 9.03. The maximum atomic E-state index is 9.96. The summed E-state index contributed by atoms with van der Waals surface area (Å²) in [6.45, 7) is 7.05. The van der Waals surface area contributed by atoms with Crippen LogP contribution in [0.5, 0.6) is 5.75 Å². The molecule has 0 heterocycles. The molecule has 0 radical (unpaired) electrons. The Bertz CT molecular complexity index is 516. The van der Waals surface area contributed by atoms with E-state index in [4.69, 9.17) is 9.73 Å². The SMILES string of the molecule is CCNC(=NCC1CCCC1O)N(C)Cc1ccc(OCC)cc1. The predicted molar refractivity (Wildman–Crippen MR) is 98.4 cm³/mol. The van der Waals surface area contributed by atoms with Crippen LogP contribution in [0.15, 0.2) is 29.3 Å². The van der Waals surface area contributed by atoms with Crippen LogP contribution in [0.4, 0.5) is 0 Å². The summed E-state index contributed by atoms with van der Waals surface area (Å²) in [6, 6.07) is 8.19. The number of guanidine groups is 1. The molecule has 1 fully saturated rings. The summed E-state index contributed by atoms with van der Waals surface area (Å²) in [7, 11) is 2.04. The lowest BCUT2D eigenvalue weighted by atomic mass is 10.1. The fourth-order valence-electron chi connectivity index (χ4n) is 3.11. The summed E-state index contributed by atoms with van der Waals surface area (Å²) in [5, 5.41) is 13.3. The third-order valence-electron chi connectivity index (χ3n) is 4.45. The van der Waals surface area contributed by atoms with Gasteiger partial charge in [0.1, 0.15) is 5.75 Å². The van der Waals surface area contributed by atoms with Crippen LogP contribution in [-0.2, 0) is 6.54 Å². The topological polar surface area (TPSA) is 57.1 Å². The highest BCUT2D eigenvalue weighted by Gasteiger charge is 2.25. The van der Waals surface area contributed by atoms with Gasteiger partial charge >= 0.3 is 0 Å². The molecule has 0 saturated heterocycles. The number of rotatable bonds is 7. The van der Waals surface area contributed by atoms with Gasteiger partial charge in [-0.25, -0.2) is 0 Å². The van der Waals surface area contributed by atoms with Gasteiger partial charge in [-0.1, -0.05) is 18.6 Å². The van der Waals surface area contributed by atoms with Gasteiger partial charge in [0.25, 0.3) is 0 Å². The fraction of sp³-hybridized carbons (Fsp3) is 0.632. The van der Waals surface area contributed by atoms with Crippen LogP contribution in [0, 0.1) is 5.92 Å². The van der Waals surface area contributed by atoms with E-state index in [-0.39, 0.29) is 6.10 Å². The molecule has 0 aliphatic heterocycles. The van der Waals surface area contributed by atoms with Crippen molar-refractivity contribution in [3.05, 3.63) is 29.8 Å². The Hall–Kier alpha value is -1.75. The van der Waals surface area contributed by atoms with Gasteiger partial charge in [0.05, 0.1) is 12.7 Å². The molecule has 1 aliphatic carbocycles. The molecule has 0 spiro atoms. The Kier molecular flexibility index (Phi) is 7.37. The van der Waals surface area contributed by atoms with E-state index < -0.39 is 0 Å². The average Bonchev–Trinajstić information content (AvgIpc) is 2.98. The minimum Gasteiger partial charge on any atom is -0.494 e. The number of aliphatic hydroxyl groups excluding tert-OH is 1. The van der Waals surface area contributed by atoms with Crippen molar-refractivity contribution >= 4 is 5.96 Å². The van der Waals surface area contributed by atoms with Gasteiger partial charge in [-0.2, -0.15) is 0 Å². The van der Waals surface area contributed by atoms with Crippen LogP contribution in [0.2, 0.25) is 0 Å². The lowest BCUT2D eigenvalue weighted by Crippen LogP contribution is -2.39. The van der Waals surface area contributed by atoms with Crippen molar-refractivity contribution in [1.82, 2.24) is 10.2 Å². The molecule has 5 heteroatoms. The largest absolute Gasteiger partial charge is 0.494 e. The lowest BCUT2D eigenvalue weighted by Gasteiger charge is -2.23. The quantitative estimate of drug-likeness (QED) is 0.595. The number of hydrogen-bond donors (Lipinski definition) is 2. The highest BCUT2D eigenvalue weighted by Crippen LogP contribution is 2.25. The Morgan fingerprint density at radius 1 is 1.29 bits per heavy atom. The molecular weight excluding hydrogens is 302 g/mol. The van der Waals surface area contributed by atoms with Crippen LogP contribution in [0.25, 0.3) is 0 Å². The molecule has 5 nitrogen and oxygen atoms in total. The van der Waals surface area contributed by atoms with Crippen LogP contribution < -0.4 is 10.1 Å². The molecular formula is C19H31N3O2. The average molecular weight is 333 g/mol. The van der Waals surface area contributed by atoms with E-state index in [1.165, 1.54) is 5.56 Å². The third-order valence-corrected chi connectivity index (χ3v) is 4.45. The number of benzene rings is 1. The second kappa shape index (κ2) is 9.52.